The van der Waals surface area contributed by atoms with Gasteiger partial charge in [-0.05, 0) is 30.7 Å². The zero-order valence-electron chi connectivity index (χ0n) is 9.30. The van der Waals surface area contributed by atoms with Crippen molar-refractivity contribution < 1.29 is 19.0 Å². The molecule has 1 heterocycles. The number of aliphatic hydroxyl groups excluding tert-OH is 1. The van der Waals surface area contributed by atoms with Crippen LogP contribution in [-0.2, 0) is 4.79 Å². The van der Waals surface area contributed by atoms with Crippen molar-refractivity contribution in [1.29, 1.82) is 0 Å². The standard InChI is InChI=1S/C12H14FNO3/c13-9-1-3-11(4-2-9)17-8-12(16)14-6-5-10(15)7-14/h1-4,10,15H,5-8H2/t10-/m1/s1. The average molecular weight is 239 g/mol. The number of β-amino-alcohol motifs (C(OH)–C–C–N with tert-alkyl or cyclic N) is 1. The molecule has 1 aliphatic rings. The van der Waals surface area contributed by atoms with E-state index in [0.29, 0.717) is 25.3 Å². The van der Waals surface area contributed by atoms with Gasteiger partial charge in [0.25, 0.3) is 5.91 Å². The van der Waals surface area contributed by atoms with Gasteiger partial charge in [0.1, 0.15) is 11.6 Å². The smallest absolute Gasteiger partial charge is 0.260 e. The molecule has 1 amide bonds. The van der Waals surface area contributed by atoms with E-state index < -0.39 is 6.10 Å². The van der Waals surface area contributed by atoms with Crippen LogP contribution in [0.25, 0.3) is 0 Å². The van der Waals surface area contributed by atoms with E-state index in [9.17, 15) is 14.3 Å². The molecule has 0 unspecified atom stereocenters. The van der Waals surface area contributed by atoms with Crippen LogP contribution < -0.4 is 4.74 Å². The summed E-state index contributed by atoms with van der Waals surface area (Å²) in [7, 11) is 0. The number of likely N-dealkylation sites (tertiary alicyclic amines) is 1. The van der Waals surface area contributed by atoms with Gasteiger partial charge in [-0.1, -0.05) is 0 Å². The normalized spacial score (nSPS) is 19.4. The maximum Gasteiger partial charge on any atom is 0.260 e. The summed E-state index contributed by atoms with van der Waals surface area (Å²) in [5.74, 6) is -0.0447. The quantitative estimate of drug-likeness (QED) is 0.848. The van der Waals surface area contributed by atoms with E-state index >= 15 is 0 Å². The Labute approximate surface area is 98.6 Å². The molecule has 0 radical (unpaired) electrons. The molecule has 2 rings (SSSR count). The van der Waals surface area contributed by atoms with Crippen molar-refractivity contribution >= 4 is 5.91 Å². The van der Waals surface area contributed by atoms with Crippen LogP contribution in [0.15, 0.2) is 24.3 Å². The number of benzene rings is 1. The second kappa shape index (κ2) is 5.14. The third-order valence-corrected chi connectivity index (χ3v) is 2.69. The molecule has 1 atom stereocenters. The van der Waals surface area contributed by atoms with Crippen LogP contribution in [0.4, 0.5) is 4.39 Å². The highest BCUT2D eigenvalue weighted by atomic mass is 19.1. The molecule has 1 saturated heterocycles. The maximum atomic E-state index is 12.6. The van der Waals surface area contributed by atoms with E-state index in [0.717, 1.165) is 0 Å². The largest absolute Gasteiger partial charge is 0.484 e. The number of halogens is 1. The number of hydrogen-bond donors (Lipinski definition) is 1. The first kappa shape index (κ1) is 11.9. The number of amides is 1. The molecule has 1 fully saturated rings. The average Bonchev–Trinajstić information content (AvgIpc) is 2.75. The third kappa shape index (κ3) is 3.17. The van der Waals surface area contributed by atoms with Crippen molar-refractivity contribution in [2.75, 3.05) is 19.7 Å². The SMILES string of the molecule is O=C(COc1ccc(F)cc1)N1CC[C@@H](O)C1. The van der Waals surface area contributed by atoms with Crippen LogP contribution in [0.3, 0.4) is 0 Å². The summed E-state index contributed by atoms with van der Waals surface area (Å²) in [6.45, 7) is 0.844. The predicted octanol–water partition coefficient (Wildman–Crippen LogP) is 0.798. The van der Waals surface area contributed by atoms with Gasteiger partial charge in [0.15, 0.2) is 6.61 Å². The lowest BCUT2D eigenvalue weighted by atomic mass is 10.3. The van der Waals surface area contributed by atoms with Gasteiger partial charge in [-0.15, -0.1) is 0 Å². The molecule has 0 aromatic heterocycles. The number of aliphatic hydroxyl groups is 1. The Kier molecular flexibility index (Phi) is 3.58. The van der Waals surface area contributed by atoms with E-state index in [1.165, 1.54) is 24.3 Å². The number of hydrogen-bond acceptors (Lipinski definition) is 3. The lowest BCUT2D eigenvalue weighted by Crippen LogP contribution is -2.33. The van der Waals surface area contributed by atoms with E-state index in [4.69, 9.17) is 4.74 Å². The lowest BCUT2D eigenvalue weighted by Gasteiger charge is -2.15. The Morgan fingerprint density at radius 1 is 1.47 bits per heavy atom. The Bertz CT molecular complexity index is 393. The molecule has 17 heavy (non-hydrogen) atoms. The summed E-state index contributed by atoms with van der Waals surface area (Å²) < 4.78 is 17.8. The van der Waals surface area contributed by atoms with Gasteiger partial charge in [-0.3, -0.25) is 4.79 Å². The van der Waals surface area contributed by atoms with Crippen LogP contribution >= 0.6 is 0 Å². The van der Waals surface area contributed by atoms with Crippen molar-refractivity contribution in [3.8, 4) is 5.75 Å². The van der Waals surface area contributed by atoms with Crippen molar-refractivity contribution in [1.82, 2.24) is 4.90 Å². The third-order valence-electron chi connectivity index (χ3n) is 2.69. The number of carbonyl (C=O) groups is 1. The van der Waals surface area contributed by atoms with Gasteiger partial charge in [0, 0.05) is 13.1 Å². The Balaban J connectivity index is 1.82. The van der Waals surface area contributed by atoms with Crippen LogP contribution in [0.2, 0.25) is 0 Å². The molecule has 1 aliphatic heterocycles. The molecular weight excluding hydrogens is 225 g/mol. The van der Waals surface area contributed by atoms with Gasteiger partial charge in [0.05, 0.1) is 6.10 Å². The molecule has 1 aromatic rings. The summed E-state index contributed by atoms with van der Waals surface area (Å²) in [6.07, 6.45) is 0.187. The van der Waals surface area contributed by atoms with Crippen LogP contribution in [-0.4, -0.2) is 41.7 Å². The van der Waals surface area contributed by atoms with Crippen molar-refractivity contribution in [2.45, 2.75) is 12.5 Å². The van der Waals surface area contributed by atoms with Crippen molar-refractivity contribution in [3.63, 3.8) is 0 Å². The van der Waals surface area contributed by atoms with Crippen molar-refractivity contribution in [2.24, 2.45) is 0 Å². The molecule has 0 aliphatic carbocycles. The second-order valence-corrected chi connectivity index (χ2v) is 4.02. The zero-order chi connectivity index (χ0) is 12.3. The van der Waals surface area contributed by atoms with Crippen molar-refractivity contribution in [3.05, 3.63) is 30.1 Å². The molecule has 0 spiro atoms. The molecule has 92 valence electrons. The lowest BCUT2D eigenvalue weighted by molar-refractivity contribution is -0.132. The Morgan fingerprint density at radius 3 is 2.76 bits per heavy atom. The van der Waals surface area contributed by atoms with Crippen LogP contribution in [0, 0.1) is 5.82 Å². The highest BCUT2D eigenvalue weighted by Gasteiger charge is 2.24. The highest BCUT2D eigenvalue weighted by Crippen LogP contribution is 2.12. The molecule has 0 bridgehead atoms. The fourth-order valence-electron chi connectivity index (χ4n) is 1.74. The fraction of sp³-hybridized carbons (Fsp3) is 0.417. The minimum absolute atomic E-state index is 0.0850. The van der Waals surface area contributed by atoms with Gasteiger partial charge in [0.2, 0.25) is 0 Å². The van der Waals surface area contributed by atoms with Crippen LogP contribution in [0.5, 0.6) is 5.75 Å². The van der Waals surface area contributed by atoms with E-state index in [2.05, 4.69) is 0 Å². The summed E-state index contributed by atoms with van der Waals surface area (Å²) in [6, 6.07) is 5.50. The fourth-order valence-corrected chi connectivity index (χ4v) is 1.74. The predicted molar refractivity (Wildman–Crippen MR) is 59.1 cm³/mol. The van der Waals surface area contributed by atoms with Crippen LogP contribution in [0.1, 0.15) is 6.42 Å². The maximum absolute atomic E-state index is 12.6. The highest BCUT2D eigenvalue weighted by molar-refractivity contribution is 5.78. The molecule has 1 N–H and O–H groups in total. The summed E-state index contributed by atoms with van der Waals surface area (Å²) in [4.78, 5) is 13.2. The van der Waals surface area contributed by atoms with Gasteiger partial charge in [-0.2, -0.15) is 0 Å². The molecule has 4 nitrogen and oxygen atoms in total. The molecular formula is C12H14FNO3. The minimum Gasteiger partial charge on any atom is -0.484 e. The Hall–Kier alpha value is -1.62. The number of carbonyl (C=O) groups excluding carboxylic acids is 1. The first-order valence-corrected chi connectivity index (χ1v) is 5.49. The number of rotatable bonds is 3. The topological polar surface area (TPSA) is 49.8 Å². The number of ether oxygens (including phenoxy) is 1. The summed E-state index contributed by atoms with van der Waals surface area (Å²) in [5, 5.41) is 9.29. The van der Waals surface area contributed by atoms with E-state index in [1.807, 2.05) is 0 Å². The molecule has 1 aromatic carbocycles. The summed E-state index contributed by atoms with van der Waals surface area (Å²) >= 11 is 0. The number of nitrogens with zero attached hydrogens (tertiary/aromatic N) is 1. The van der Waals surface area contributed by atoms with Gasteiger partial charge >= 0.3 is 0 Å². The minimum atomic E-state index is -0.426. The van der Waals surface area contributed by atoms with Gasteiger partial charge in [-0.25, -0.2) is 4.39 Å². The second-order valence-electron chi connectivity index (χ2n) is 4.02. The molecule has 0 saturated carbocycles. The Morgan fingerprint density at radius 2 is 2.18 bits per heavy atom. The first-order chi connectivity index (χ1) is 8.15. The monoisotopic (exact) mass is 239 g/mol. The first-order valence-electron chi connectivity index (χ1n) is 5.49. The molecule has 5 heteroatoms. The van der Waals surface area contributed by atoms with E-state index in [1.54, 1.807) is 4.90 Å². The summed E-state index contributed by atoms with van der Waals surface area (Å²) in [5.41, 5.74) is 0. The van der Waals surface area contributed by atoms with Gasteiger partial charge < -0.3 is 14.7 Å². The van der Waals surface area contributed by atoms with E-state index in [-0.39, 0.29) is 18.3 Å². The zero-order valence-corrected chi connectivity index (χ0v) is 9.30.